The molecule has 3 aliphatic rings. The number of methoxy groups -OCH3 is 2. The number of carbonyl (C=O) groups excluding carboxylic acids is 9. The second-order valence-corrected chi connectivity index (χ2v) is 25.3. The van der Waals surface area contributed by atoms with E-state index in [0.717, 1.165) is 16.0 Å². The lowest BCUT2D eigenvalue weighted by molar-refractivity contribution is -0.158. The highest BCUT2D eigenvalue weighted by Crippen LogP contribution is 2.49. The average molecular weight is 1420 g/mol. The number of alkyl carbamates (subject to hydrolysis) is 1. The summed E-state index contributed by atoms with van der Waals surface area (Å²) >= 11 is 13.5. The molecule has 25 nitrogen and oxygen atoms in total. The maximum atomic E-state index is 14.7. The molecule has 0 aliphatic carbocycles. The van der Waals surface area contributed by atoms with Gasteiger partial charge in [-0.1, -0.05) is 94.1 Å². The van der Waals surface area contributed by atoms with E-state index in [0.29, 0.717) is 47.8 Å². The minimum Gasteiger partial charge on any atom is -0.495 e. The Hall–Kier alpha value is -6.91. The Morgan fingerprint density at radius 1 is 1.00 bits per heavy atom. The molecule has 2 aromatic carbocycles. The lowest BCUT2D eigenvalue weighted by atomic mass is 9.83. The summed E-state index contributed by atoms with van der Waals surface area (Å²) < 4.78 is 35.1. The van der Waals surface area contributed by atoms with Gasteiger partial charge in [-0.25, -0.2) is 14.4 Å². The molecule has 0 radical (unpaired) electrons. The fourth-order valence-corrected chi connectivity index (χ4v) is 12.8. The number of hydrogen-bond donors (Lipinski definition) is 7. The fourth-order valence-electron chi connectivity index (χ4n) is 10.9. The molecule has 498 valence electrons. The number of rotatable bonds is 25. The zero-order valence-electron chi connectivity index (χ0n) is 52.9. The number of primary amides is 1. The number of amides is 8. The molecule has 91 heavy (non-hydrogen) atoms. The molecule has 8 amide bonds. The largest absolute Gasteiger partial charge is 0.495 e. The number of ether oxygens (including phenoxy) is 6. The van der Waals surface area contributed by atoms with Gasteiger partial charge < -0.3 is 70.3 Å². The normalized spacial score (nSPS) is 23.6. The number of unbranched alkanes of at least 4 members (excludes halogenated alkanes) is 2. The first-order chi connectivity index (χ1) is 43.1. The lowest BCUT2D eigenvalue weighted by Crippen LogP contribution is -2.63. The van der Waals surface area contributed by atoms with Gasteiger partial charge in [-0.15, -0.1) is 0 Å². The van der Waals surface area contributed by atoms with Gasteiger partial charge in [0.1, 0.15) is 52.8 Å². The predicted molar refractivity (Wildman–Crippen MR) is 347 cm³/mol. The number of nitrogens with one attached hydrogen (secondary N) is 5. The number of benzene rings is 2. The summed E-state index contributed by atoms with van der Waals surface area (Å²) in [6, 6.07) is 5.25. The zero-order chi connectivity index (χ0) is 67.1. The van der Waals surface area contributed by atoms with Gasteiger partial charge in [-0.3, -0.25) is 39.1 Å². The Bertz CT molecular complexity index is 3230. The number of pyridine rings is 1. The van der Waals surface area contributed by atoms with Crippen molar-refractivity contribution in [2.24, 2.45) is 23.5 Å². The third-order valence-electron chi connectivity index (χ3n) is 16.6. The van der Waals surface area contributed by atoms with Crippen molar-refractivity contribution in [2.75, 3.05) is 62.3 Å². The smallest absolute Gasteiger partial charge is 0.409 e. The van der Waals surface area contributed by atoms with Gasteiger partial charge in [0.15, 0.2) is 5.72 Å². The summed E-state index contributed by atoms with van der Waals surface area (Å²) in [4.78, 5) is 129. The molecule has 10 atom stereocenters. The van der Waals surface area contributed by atoms with Crippen molar-refractivity contribution in [3.05, 3.63) is 82.5 Å². The summed E-state index contributed by atoms with van der Waals surface area (Å²) in [6.07, 6.45) is 3.31. The van der Waals surface area contributed by atoms with E-state index < -0.39 is 114 Å². The number of nitrogens with two attached hydrogens (primary N) is 1. The SMILES string of the molecule is COc1cc2cc(c1Cl)N(C)C(=O)C[C@H](OC(=O)[C@H](C)N(C)C(=O)c1ccc(NC(=O)[C@H](CCCNC(N)=O)NC(=O)[C@@H](NC(=O)CCCCCOC(=O)C(CBr)CBr)C(C)C)c3ncccc13)[C@]1(C)O[C@H]1[C@H](C)[C@@H]1C[C@@](O)(NC(=O)O1)[C@H](OC)/C=C/C=C(\C)C2. The summed E-state index contributed by atoms with van der Waals surface area (Å²) in [5, 5.41) is 26.7. The molecule has 6 rings (SSSR count). The molecule has 28 heteroatoms. The number of fused-ring (bicyclic) bond motifs is 6. The van der Waals surface area contributed by atoms with Crippen LogP contribution in [0.4, 0.5) is 21.0 Å². The van der Waals surface area contributed by atoms with Crippen LogP contribution in [0.15, 0.2) is 66.4 Å². The van der Waals surface area contributed by atoms with E-state index in [4.69, 9.17) is 45.8 Å². The number of nitrogens with zero attached hydrogens (tertiary/aromatic N) is 3. The van der Waals surface area contributed by atoms with E-state index in [1.54, 1.807) is 64.1 Å². The molecule has 8 N–H and O–H groups in total. The van der Waals surface area contributed by atoms with E-state index in [1.807, 2.05) is 13.0 Å². The van der Waals surface area contributed by atoms with Gasteiger partial charge in [0.2, 0.25) is 23.6 Å². The van der Waals surface area contributed by atoms with Crippen LogP contribution in [0, 0.1) is 17.8 Å². The van der Waals surface area contributed by atoms with Crippen LogP contribution in [0.25, 0.3) is 10.9 Å². The molecule has 1 aromatic heterocycles. The Morgan fingerprint density at radius 2 is 1.73 bits per heavy atom. The van der Waals surface area contributed by atoms with Crippen LogP contribution in [0.1, 0.15) is 109 Å². The third kappa shape index (κ3) is 18.9. The maximum Gasteiger partial charge on any atom is 0.409 e. The van der Waals surface area contributed by atoms with Crippen LogP contribution >= 0.6 is 43.5 Å². The number of aliphatic hydroxyl groups is 1. The van der Waals surface area contributed by atoms with Crippen molar-refractivity contribution >= 4 is 119 Å². The van der Waals surface area contributed by atoms with Crippen molar-refractivity contribution in [1.29, 1.82) is 0 Å². The molecular formula is C63H84Br2ClN9O16. The molecule has 0 spiro atoms. The highest BCUT2D eigenvalue weighted by molar-refractivity contribution is 9.09. The Balaban J connectivity index is 1.21. The first-order valence-corrected chi connectivity index (χ1v) is 32.7. The predicted octanol–water partition coefficient (Wildman–Crippen LogP) is 6.90. The first kappa shape index (κ1) is 73.1. The van der Waals surface area contributed by atoms with Gasteiger partial charge in [0.05, 0.1) is 49.1 Å². The molecule has 3 aliphatic heterocycles. The maximum absolute atomic E-state index is 14.7. The topological polar surface area (TPSA) is 338 Å². The number of allylic oxidation sites excluding steroid dienone is 3. The second-order valence-electron chi connectivity index (χ2n) is 23.6. The standard InChI is InChI=1S/C63H84Br2ClN9O16/c1-34(2)52(72-49(76)21-12-11-13-26-88-59(82)39(32-64)33-65)56(79)71-43(19-16-25-69-60(67)83)55(78)70-42-23-22-41(40-18-15-24-68-53(40)42)57(80)74(7)37(5)58(81)90-48-30-50(77)75(8)44-28-38(29-45(86-9)51(44)66)27-35(3)17-14-20-47(87-10)63(85)31-46(89-61(84)73-63)36(4)54-62(48,6)91-54/h14-15,17-18,20,22-24,28-29,34,36-37,39,43,46-48,52,54,85H,11-13,16,19,21,25-27,30-33H2,1-10H3,(H,70,78)(H,71,79)(H,72,76)(H,73,84)(H3,67,69,83)/b20-14+,35-17+/t36-,37+,43+,46+,47-,48+,52+,54+,62+,63+/m1/s1. The number of esters is 2. The molecule has 3 aromatic rings. The van der Waals surface area contributed by atoms with Crippen LogP contribution in [-0.4, -0.2) is 175 Å². The van der Waals surface area contributed by atoms with Gasteiger partial charge in [0, 0.05) is 74.3 Å². The van der Waals surface area contributed by atoms with Crippen molar-refractivity contribution < 1.29 is 76.7 Å². The van der Waals surface area contributed by atoms with E-state index in [1.165, 1.54) is 58.5 Å². The second kappa shape index (κ2) is 33.1. The molecule has 0 unspecified atom stereocenters. The summed E-state index contributed by atoms with van der Waals surface area (Å²) in [7, 11) is 5.78. The highest BCUT2D eigenvalue weighted by atomic mass is 79.9. The Kier molecular flexibility index (Phi) is 26.6. The Labute approximate surface area is 551 Å². The van der Waals surface area contributed by atoms with Crippen molar-refractivity contribution in [3.8, 4) is 5.75 Å². The van der Waals surface area contributed by atoms with Gasteiger partial charge in [0.25, 0.3) is 5.91 Å². The fraction of sp³-hybridized carbons (Fsp3) is 0.556. The van der Waals surface area contributed by atoms with Gasteiger partial charge in [-0.05, 0) is 101 Å². The molecule has 4 heterocycles. The quantitative estimate of drug-likeness (QED) is 0.0149. The van der Waals surface area contributed by atoms with Crippen LogP contribution in [-0.2, 0) is 58.9 Å². The lowest BCUT2D eigenvalue weighted by Gasteiger charge is -2.42. The highest BCUT2D eigenvalue weighted by Gasteiger charge is 2.64. The van der Waals surface area contributed by atoms with Gasteiger partial charge in [-0.2, -0.15) is 0 Å². The first-order valence-electron chi connectivity index (χ1n) is 30.1. The summed E-state index contributed by atoms with van der Waals surface area (Å²) in [6.45, 7) is 10.5. The monoisotopic (exact) mass is 1420 g/mol. The van der Waals surface area contributed by atoms with Crippen LogP contribution < -0.4 is 42.0 Å². The molecule has 0 saturated carbocycles. The number of halogens is 3. The molecular weight excluding hydrogens is 1330 g/mol. The van der Waals surface area contributed by atoms with Crippen LogP contribution in [0.3, 0.4) is 0 Å². The summed E-state index contributed by atoms with van der Waals surface area (Å²) in [5.74, 6) is -5.20. The minimum atomic E-state index is -1.93. The van der Waals surface area contributed by atoms with Crippen molar-refractivity contribution in [3.63, 3.8) is 0 Å². The van der Waals surface area contributed by atoms with Crippen molar-refractivity contribution in [1.82, 2.24) is 31.2 Å². The number of carbonyl (C=O) groups is 9. The van der Waals surface area contributed by atoms with E-state index in [2.05, 4.69) is 63.4 Å². The number of likely N-dealkylation sites (N-methyl/N-ethyl adjacent to an activating group) is 1. The zero-order valence-corrected chi connectivity index (χ0v) is 56.8. The van der Waals surface area contributed by atoms with E-state index in [9.17, 15) is 48.3 Å². The van der Waals surface area contributed by atoms with Gasteiger partial charge >= 0.3 is 24.1 Å². The number of aromatic nitrogens is 1. The number of urea groups is 1. The van der Waals surface area contributed by atoms with Crippen LogP contribution in [0.2, 0.25) is 5.02 Å². The molecule has 2 saturated heterocycles. The number of hydrogen-bond acceptors (Lipinski definition) is 17. The van der Waals surface area contributed by atoms with Crippen molar-refractivity contribution in [2.45, 2.75) is 153 Å². The van der Waals surface area contributed by atoms with Crippen LogP contribution in [0.5, 0.6) is 5.75 Å². The minimum absolute atomic E-state index is 0.0189. The van der Waals surface area contributed by atoms with E-state index >= 15 is 0 Å². The number of alkyl halides is 2. The Morgan fingerprint density at radius 3 is 2.40 bits per heavy atom. The molecule has 4 bridgehead atoms. The van der Waals surface area contributed by atoms with E-state index in [-0.39, 0.29) is 83.8 Å². The average Bonchev–Trinajstić information content (AvgIpc) is 1.59. The third-order valence-corrected chi connectivity index (χ3v) is 18.5. The summed E-state index contributed by atoms with van der Waals surface area (Å²) in [5.41, 5.74) is 4.31. The number of epoxide rings is 1. The number of anilines is 2. The molecule has 2 fully saturated rings.